The molecule has 1 unspecified atom stereocenters. The molecule has 2 fully saturated rings. The molecule has 1 aliphatic carbocycles. The summed E-state index contributed by atoms with van der Waals surface area (Å²) in [4.78, 5) is 6.96. The van der Waals surface area contributed by atoms with E-state index in [1.54, 1.807) is 0 Å². The Bertz CT molecular complexity index is 382. The number of likely N-dealkylation sites (N-methyl/N-ethyl adjacent to an activating group) is 1. The SMILES string of the molecule is CCN(Cc1nc(C2CC2)no1)C1CCCNC1. The average Bonchev–Trinajstić information content (AvgIpc) is 3.17. The first-order valence-electron chi connectivity index (χ1n) is 7.14. The molecule has 0 aromatic carbocycles. The van der Waals surface area contributed by atoms with Gasteiger partial charge in [-0.25, -0.2) is 0 Å². The Hall–Kier alpha value is -0.940. The molecule has 5 nitrogen and oxygen atoms in total. The number of aromatic nitrogens is 2. The minimum Gasteiger partial charge on any atom is -0.338 e. The van der Waals surface area contributed by atoms with Crippen molar-refractivity contribution in [2.75, 3.05) is 19.6 Å². The van der Waals surface area contributed by atoms with Crippen LogP contribution in [0.3, 0.4) is 0 Å². The molecule has 3 rings (SSSR count). The highest BCUT2D eigenvalue weighted by Gasteiger charge is 2.29. The second kappa shape index (κ2) is 5.36. The summed E-state index contributed by atoms with van der Waals surface area (Å²) >= 11 is 0. The van der Waals surface area contributed by atoms with Crippen LogP contribution in [0, 0.1) is 0 Å². The molecule has 1 saturated heterocycles. The summed E-state index contributed by atoms with van der Waals surface area (Å²) in [5.74, 6) is 2.28. The van der Waals surface area contributed by atoms with Crippen molar-refractivity contribution in [1.82, 2.24) is 20.4 Å². The van der Waals surface area contributed by atoms with Crippen molar-refractivity contribution in [3.63, 3.8) is 0 Å². The van der Waals surface area contributed by atoms with Crippen molar-refractivity contribution in [1.29, 1.82) is 0 Å². The Morgan fingerprint density at radius 1 is 1.39 bits per heavy atom. The summed E-state index contributed by atoms with van der Waals surface area (Å²) in [7, 11) is 0. The fourth-order valence-electron chi connectivity index (χ4n) is 2.66. The molecule has 5 heteroatoms. The molecule has 18 heavy (non-hydrogen) atoms. The van der Waals surface area contributed by atoms with Gasteiger partial charge in [-0.3, -0.25) is 4.90 Å². The van der Waals surface area contributed by atoms with Crippen LogP contribution in [0.25, 0.3) is 0 Å². The molecule has 1 aromatic rings. The van der Waals surface area contributed by atoms with Crippen LogP contribution < -0.4 is 5.32 Å². The van der Waals surface area contributed by atoms with Crippen LogP contribution in [-0.4, -0.2) is 40.7 Å². The van der Waals surface area contributed by atoms with Crippen LogP contribution in [0.2, 0.25) is 0 Å². The lowest BCUT2D eigenvalue weighted by atomic mass is 10.1. The molecule has 1 aliphatic heterocycles. The second-order valence-corrected chi connectivity index (χ2v) is 5.38. The van der Waals surface area contributed by atoms with Gasteiger partial charge in [-0.15, -0.1) is 0 Å². The van der Waals surface area contributed by atoms with Crippen molar-refractivity contribution in [3.8, 4) is 0 Å². The molecule has 2 aliphatic rings. The van der Waals surface area contributed by atoms with Crippen molar-refractivity contribution >= 4 is 0 Å². The lowest BCUT2D eigenvalue weighted by Gasteiger charge is -2.32. The van der Waals surface area contributed by atoms with Crippen LogP contribution in [0.5, 0.6) is 0 Å². The van der Waals surface area contributed by atoms with E-state index in [2.05, 4.69) is 27.3 Å². The van der Waals surface area contributed by atoms with Crippen LogP contribution in [0.1, 0.15) is 50.2 Å². The molecule has 1 N–H and O–H groups in total. The van der Waals surface area contributed by atoms with E-state index in [0.717, 1.165) is 37.9 Å². The van der Waals surface area contributed by atoms with Gasteiger partial charge in [0.05, 0.1) is 6.54 Å². The number of piperidine rings is 1. The van der Waals surface area contributed by atoms with Crippen molar-refractivity contribution in [2.24, 2.45) is 0 Å². The van der Waals surface area contributed by atoms with E-state index in [1.165, 1.54) is 25.7 Å². The van der Waals surface area contributed by atoms with Gasteiger partial charge in [0.2, 0.25) is 5.89 Å². The molecule has 1 atom stereocenters. The maximum Gasteiger partial charge on any atom is 0.240 e. The van der Waals surface area contributed by atoms with Gasteiger partial charge in [0, 0.05) is 18.5 Å². The zero-order chi connectivity index (χ0) is 12.4. The highest BCUT2D eigenvalue weighted by molar-refractivity contribution is 5.03. The molecule has 0 bridgehead atoms. The van der Waals surface area contributed by atoms with Crippen LogP contribution >= 0.6 is 0 Å². The minimum absolute atomic E-state index is 0.578. The van der Waals surface area contributed by atoms with Gasteiger partial charge in [-0.1, -0.05) is 12.1 Å². The fraction of sp³-hybridized carbons (Fsp3) is 0.846. The highest BCUT2D eigenvalue weighted by Crippen LogP contribution is 2.38. The van der Waals surface area contributed by atoms with E-state index in [0.29, 0.717) is 12.0 Å². The number of nitrogens with one attached hydrogen (secondary N) is 1. The number of nitrogens with zero attached hydrogens (tertiary/aromatic N) is 3. The zero-order valence-electron chi connectivity index (χ0n) is 11.1. The Balaban J connectivity index is 1.60. The summed E-state index contributed by atoms with van der Waals surface area (Å²) in [5, 5.41) is 7.54. The summed E-state index contributed by atoms with van der Waals surface area (Å²) in [6.07, 6.45) is 4.98. The molecule has 1 aromatic heterocycles. The Kier molecular flexibility index (Phi) is 3.61. The van der Waals surface area contributed by atoms with Gasteiger partial charge in [0.1, 0.15) is 0 Å². The normalized spacial score (nSPS) is 24.7. The first kappa shape index (κ1) is 12.1. The van der Waals surface area contributed by atoms with Gasteiger partial charge in [0.25, 0.3) is 0 Å². The van der Waals surface area contributed by atoms with Crippen LogP contribution in [-0.2, 0) is 6.54 Å². The standard InChI is InChI=1S/C13H22N4O/c1-2-17(11-4-3-7-14-8-11)9-12-15-13(16-18-12)10-5-6-10/h10-11,14H,2-9H2,1H3. The van der Waals surface area contributed by atoms with Gasteiger partial charge >= 0.3 is 0 Å². The minimum atomic E-state index is 0.578. The van der Waals surface area contributed by atoms with E-state index >= 15 is 0 Å². The topological polar surface area (TPSA) is 54.2 Å². The zero-order valence-corrected chi connectivity index (χ0v) is 11.1. The molecule has 100 valence electrons. The summed E-state index contributed by atoms with van der Waals surface area (Å²) in [5.41, 5.74) is 0. The molecule has 0 spiro atoms. The summed E-state index contributed by atoms with van der Waals surface area (Å²) in [6, 6.07) is 0.611. The van der Waals surface area contributed by atoms with E-state index in [4.69, 9.17) is 4.52 Å². The Labute approximate surface area is 108 Å². The summed E-state index contributed by atoms with van der Waals surface area (Å²) in [6.45, 7) is 6.26. The molecule has 0 amide bonds. The monoisotopic (exact) mass is 250 g/mol. The second-order valence-electron chi connectivity index (χ2n) is 5.38. The molecule has 2 heterocycles. The van der Waals surface area contributed by atoms with Crippen molar-refractivity contribution in [3.05, 3.63) is 11.7 Å². The predicted octanol–water partition coefficient (Wildman–Crippen LogP) is 1.52. The number of hydrogen-bond donors (Lipinski definition) is 1. The van der Waals surface area contributed by atoms with E-state index in [1.807, 2.05) is 0 Å². The number of rotatable bonds is 5. The van der Waals surface area contributed by atoms with Gasteiger partial charge < -0.3 is 9.84 Å². The lowest BCUT2D eigenvalue weighted by Crippen LogP contribution is -2.45. The smallest absolute Gasteiger partial charge is 0.240 e. The Morgan fingerprint density at radius 2 is 2.28 bits per heavy atom. The maximum absolute atomic E-state index is 5.37. The maximum atomic E-state index is 5.37. The van der Waals surface area contributed by atoms with Crippen LogP contribution in [0.15, 0.2) is 4.52 Å². The van der Waals surface area contributed by atoms with Gasteiger partial charge in [-0.05, 0) is 38.8 Å². The lowest BCUT2D eigenvalue weighted by molar-refractivity contribution is 0.147. The van der Waals surface area contributed by atoms with E-state index in [9.17, 15) is 0 Å². The summed E-state index contributed by atoms with van der Waals surface area (Å²) < 4.78 is 5.37. The van der Waals surface area contributed by atoms with E-state index in [-0.39, 0.29) is 0 Å². The Morgan fingerprint density at radius 3 is 2.94 bits per heavy atom. The first-order valence-corrected chi connectivity index (χ1v) is 7.14. The molecule has 1 saturated carbocycles. The average molecular weight is 250 g/mol. The third-order valence-corrected chi connectivity index (χ3v) is 3.96. The predicted molar refractivity (Wildman–Crippen MR) is 68.2 cm³/mol. The van der Waals surface area contributed by atoms with Crippen molar-refractivity contribution < 1.29 is 4.52 Å². The molecule has 0 radical (unpaired) electrons. The van der Waals surface area contributed by atoms with Gasteiger partial charge in [-0.2, -0.15) is 4.98 Å². The highest BCUT2D eigenvalue weighted by atomic mass is 16.5. The van der Waals surface area contributed by atoms with Gasteiger partial charge in [0.15, 0.2) is 5.82 Å². The number of hydrogen-bond acceptors (Lipinski definition) is 5. The molecular weight excluding hydrogens is 228 g/mol. The third kappa shape index (κ3) is 2.72. The largest absolute Gasteiger partial charge is 0.338 e. The van der Waals surface area contributed by atoms with Crippen molar-refractivity contribution in [2.45, 2.75) is 51.1 Å². The quantitative estimate of drug-likeness (QED) is 0.858. The molecular formula is C13H22N4O. The first-order chi connectivity index (χ1) is 8.86. The third-order valence-electron chi connectivity index (χ3n) is 3.96. The van der Waals surface area contributed by atoms with E-state index < -0.39 is 0 Å². The fourth-order valence-corrected chi connectivity index (χ4v) is 2.66. The van der Waals surface area contributed by atoms with Crippen LogP contribution in [0.4, 0.5) is 0 Å².